The summed E-state index contributed by atoms with van der Waals surface area (Å²) in [6.07, 6.45) is -0.00119. The number of anilines is 2. The minimum absolute atomic E-state index is 0.00119. The maximum Gasteiger partial charge on any atom is 0.244 e. The molecule has 2 N–H and O–H groups in total. The Morgan fingerprint density at radius 1 is 1.14 bits per heavy atom. The van der Waals surface area contributed by atoms with E-state index in [2.05, 4.69) is 10.6 Å². The van der Waals surface area contributed by atoms with Gasteiger partial charge in [0.1, 0.15) is 0 Å². The maximum atomic E-state index is 12.7. The van der Waals surface area contributed by atoms with E-state index in [0.29, 0.717) is 22.3 Å². The Hall–Kier alpha value is -2.22. The van der Waals surface area contributed by atoms with Crippen LogP contribution in [0.1, 0.15) is 13.3 Å². The normalized spacial score (nSPS) is 15.3. The minimum Gasteiger partial charge on any atom is -0.334 e. The second kappa shape index (κ2) is 9.52. The quantitative estimate of drug-likeness (QED) is 0.686. The van der Waals surface area contributed by atoms with Crippen molar-refractivity contribution < 1.29 is 14.4 Å². The number of fused-ring (bicyclic) bond motifs is 1. The largest absolute Gasteiger partial charge is 0.334 e. The van der Waals surface area contributed by atoms with Gasteiger partial charge in [-0.05, 0) is 31.2 Å². The summed E-state index contributed by atoms with van der Waals surface area (Å²) >= 11 is 13.5. The van der Waals surface area contributed by atoms with Crippen molar-refractivity contribution >= 4 is 64.1 Å². The first-order valence-corrected chi connectivity index (χ1v) is 10.6. The second-order valence-corrected chi connectivity index (χ2v) is 8.41. The van der Waals surface area contributed by atoms with E-state index < -0.39 is 11.2 Å². The summed E-state index contributed by atoms with van der Waals surface area (Å²) in [4.78, 5) is 39.8. The molecule has 1 heterocycles. The summed E-state index contributed by atoms with van der Waals surface area (Å²) in [5.41, 5.74) is 1.05. The first-order valence-electron chi connectivity index (χ1n) is 8.97. The lowest BCUT2D eigenvalue weighted by atomic mass is 10.2. The van der Waals surface area contributed by atoms with E-state index in [-0.39, 0.29) is 24.8 Å². The fraction of sp³-hybridized carbons (Fsp3) is 0.250. The number of thioether (sulfide) groups is 1. The van der Waals surface area contributed by atoms with Gasteiger partial charge in [-0.15, -0.1) is 11.8 Å². The van der Waals surface area contributed by atoms with Crippen molar-refractivity contribution in [1.29, 1.82) is 0 Å². The number of carbonyl (C=O) groups is 3. The Kier molecular flexibility index (Phi) is 7.05. The van der Waals surface area contributed by atoms with E-state index in [1.165, 1.54) is 16.7 Å². The van der Waals surface area contributed by atoms with Gasteiger partial charge in [-0.25, -0.2) is 0 Å². The van der Waals surface area contributed by atoms with Crippen LogP contribution in [0, 0.1) is 0 Å². The molecule has 2 aromatic carbocycles. The van der Waals surface area contributed by atoms with Crippen molar-refractivity contribution in [2.24, 2.45) is 0 Å². The van der Waals surface area contributed by atoms with Crippen LogP contribution >= 0.6 is 35.0 Å². The number of carbonyl (C=O) groups excluding carboxylic acids is 3. The number of para-hydroxylation sites is 2. The van der Waals surface area contributed by atoms with E-state index >= 15 is 0 Å². The first-order chi connectivity index (χ1) is 13.9. The van der Waals surface area contributed by atoms with Crippen LogP contribution in [0.5, 0.6) is 0 Å². The van der Waals surface area contributed by atoms with E-state index in [0.717, 1.165) is 10.6 Å². The van der Waals surface area contributed by atoms with Crippen LogP contribution < -0.4 is 10.6 Å². The summed E-state index contributed by atoms with van der Waals surface area (Å²) in [6, 6.07) is 12.3. The molecule has 2 aromatic rings. The molecule has 0 spiro atoms. The number of hydrogen-bond acceptors (Lipinski definition) is 4. The molecule has 1 atom stereocenters. The lowest BCUT2D eigenvalue weighted by molar-refractivity contribution is -0.135. The van der Waals surface area contributed by atoms with E-state index in [4.69, 9.17) is 23.2 Å². The average Bonchev–Trinajstić information content (AvgIpc) is 2.69. The number of nitrogens with one attached hydrogen (secondary N) is 2. The Bertz CT molecular complexity index is 934. The van der Waals surface area contributed by atoms with Crippen LogP contribution in [0.15, 0.2) is 47.4 Å². The number of hydrogen-bond donors (Lipinski definition) is 2. The van der Waals surface area contributed by atoms with Crippen molar-refractivity contribution in [2.45, 2.75) is 23.5 Å². The molecule has 29 heavy (non-hydrogen) atoms. The molecule has 0 fully saturated rings. The van der Waals surface area contributed by atoms with Crippen LogP contribution in [-0.4, -0.2) is 41.0 Å². The standard InChI is InChI=1S/C20H19Cl2N3O3S/c1-2-25(11-17(26)24-19-12(21)6-5-7-13(19)22)18(27)10-16-20(28)23-14-8-3-4-9-15(14)29-16/h3-9,16H,2,10-11H2,1H3,(H,23,28)(H,24,26)/t16-/m1/s1. The van der Waals surface area contributed by atoms with Crippen LogP contribution in [0.25, 0.3) is 0 Å². The third-order valence-electron chi connectivity index (χ3n) is 4.36. The highest BCUT2D eigenvalue weighted by Crippen LogP contribution is 2.36. The molecule has 1 aliphatic heterocycles. The zero-order chi connectivity index (χ0) is 21.0. The monoisotopic (exact) mass is 451 g/mol. The fourth-order valence-corrected chi connectivity index (χ4v) is 4.45. The van der Waals surface area contributed by atoms with Gasteiger partial charge >= 0.3 is 0 Å². The predicted molar refractivity (Wildman–Crippen MR) is 117 cm³/mol. The van der Waals surface area contributed by atoms with Gasteiger partial charge in [-0.1, -0.05) is 41.4 Å². The maximum absolute atomic E-state index is 12.7. The summed E-state index contributed by atoms with van der Waals surface area (Å²) in [5, 5.41) is 5.54. The minimum atomic E-state index is -0.549. The average molecular weight is 452 g/mol. The van der Waals surface area contributed by atoms with Crippen molar-refractivity contribution in [3.8, 4) is 0 Å². The molecule has 3 amide bonds. The molecule has 0 aliphatic carbocycles. The summed E-state index contributed by atoms with van der Waals surface area (Å²) < 4.78 is 0. The highest BCUT2D eigenvalue weighted by atomic mass is 35.5. The van der Waals surface area contributed by atoms with Gasteiger partial charge in [0.05, 0.1) is 33.2 Å². The summed E-state index contributed by atoms with van der Waals surface area (Å²) in [6.45, 7) is 1.95. The molecule has 6 nitrogen and oxygen atoms in total. The van der Waals surface area contributed by atoms with E-state index in [1.807, 2.05) is 24.3 Å². The van der Waals surface area contributed by atoms with Gasteiger partial charge < -0.3 is 15.5 Å². The van der Waals surface area contributed by atoms with Gasteiger partial charge in [-0.3, -0.25) is 14.4 Å². The molecular formula is C20H19Cl2N3O3S. The Morgan fingerprint density at radius 2 is 1.83 bits per heavy atom. The predicted octanol–water partition coefficient (Wildman–Crippen LogP) is 4.28. The molecule has 0 aromatic heterocycles. The van der Waals surface area contributed by atoms with Gasteiger partial charge in [0.25, 0.3) is 0 Å². The SMILES string of the molecule is CCN(CC(=O)Nc1c(Cl)cccc1Cl)C(=O)C[C@H]1Sc2ccccc2NC1=O. The lowest BCUT2D eigenvalue weighted by Crippen LogP contribution is -2.41. The third-order valence-corrected chi connectivity index (χ3v) is 6.27. The van der Waals surface area contributed by atoms with Gasteiger partial charge in [0, 0.05) is 17.9 Å². The number of halogens is 2. The smallest absolute Gasteiger partial charge is 0.244 e. The number of amides is 3. The van der Waals surface area contributed by atoms with Crippen molar-refractivity contribution in [3.05, 3.63) is 52.5 Å². The molecule has 0 unspecified atom stereocenters. The summed E-state index contributed by atoms with van der Waals surface area (Å²) in [7, 11) is 0. The Labute approximate surface area is 182 Å². The van der Waals surface area contributed by atoms with Gasteiger partial charge in [0.2, 0.25) is 17.7 Å². The van der Waals surface area contributed by atoms with E-state index in [9.17, 15) is 14.4 Å². The molecular weight excluding hydrogens is 433 g/mol. The number of benzene rings is 2. The van der Waals surface area contributed by atoms with Crippen LogP contribution in [-0.2, 0) is 14.4 Å². The molecule has 0 saturated carbocycles. The highest BCUT2D eigenvalue weighted by Gasteiger charge is 2.30. The highest BCUT2D eigenvalue weighted by molar-refractivity contribution is 8.01. The lowest BCUT2D eigenvalue weighted by Gasteiger charge is -2.26. The van der Waals surface area contributed by atoms with Crippen LogP contribution in [0.2, 0.25) is 10.0 Å². The number of nitrogens with zero attached hydrogens (tertiary/aromatic N) is 1. The molecule has 1 aliphatic rings. The summed E-state index contributed by atoms with van der Waals surface area (Å²) in [5.74, 6) is -0.911. The first kappa shape index (κ1) is 21.5. The molecule has 0 radical (unpaired) electrons. The van der Waals surface area contributed by atoms with Crippen molar-refractivity contribution in [3.63, 3.8) is 0 Å². The topological polar surface area (TPSA) is 78.5 Å². The fourth-order valence-electron chi connectivity index (χ4n) is 2.86. The van der Waals surface area contributed by atoms with Crippen LogP contribution in [0.4, 0.5) is 11.4 Å². The van der Waals surface area contributed by atoms with Crippen LogP contribution in [0.3, 0.4) is 0 Å². The van der Waals surface area contributed by atoms with Crippen molar-refractivity contribution in [1.82, 2.24) is 4.90 Å². The Morgan fingerprint density at radius 3 is 2.52 bits per heavy atom. The second-order valence-electron chi connectivity index (χ2n) is 6.35. The van der Waals surface area contributed by atoms with Gasteiger partial charge in [0.15, 0.2) is 0 Å². The molecule has 0 saturated heterocycles. The number of rotatable bonds is 6. The van der Waals surface area contributed by atoms with E-state index in [1.54, 1.807) is 25.1 Å². The molecule has 0 bridgehead atoms. The number of likely N-dealkylation sites (N-methyl/N-ethyl adjacent to an activating group) is 1. The third kappa shape index (κ3) is 5.23. The zero-order valence-electron chi connectivity index (χ0n) is 15.6. The zero-order valence-corrected chi connectivity index (χ0v) is 17.9. The molecule has 3 rings (SSSR count). The molecule has 152 valence electrons. The molecule has 9 heteroatoms. The van der Waals surface area contributed by atoms with Gasteiger partial charge in [-0.2, -0.15) is 0 Å². The van der Waals surface area contributed by atoms with Crippen molar-refractivity contribution in [2.75, 3.05) is 23.7 Å². The Balaban J connectivity index is 1.62.